The van der Waals surface area contributed by atoms with E-state index in [2.05, 4.69) is 26.0 Å². The Balaban J connectivity index is 2.95. The third-order valence-corrected chi connectivity index (χ3v) is 3.01. The minimum Gasteiger partial charge on any atom is -0.390 e. The Morgan fingerprint density at radius 1 is 1.50 bits per heavy atom. The highest BCUT2D eigenvalue weighted by Crippen LogP contribution is 2.32. The molecule has 0 aromatic heterocycles. The molecule has 86 valence electrons. The first-order valence-electron chi connectivity index (χ1n) is 4.38. The van der Waals surface area contributed by atoms with E-state index in [1.807, 2.05) is 0 Å². The molecule has 2 N–H and O–H groups in total. The molecule has 0 bridgehead atoms. The number of azide groups is 1. The van der Waals surface area contributed by atoms with Gasteiger partial charge in [0.25, 0.3) is 0 Å². The van der Waals surface area contributed by atoms with E-state index in [4.69, 9.17) is 17.1 Å². The quantitative estimate of drug-likeness (QED) is 0.509. The van der Waals surface area contributed by atoms with E-state index >= 15 is 0 Å². The number of aliphatic hydroxyl groups excluding tert-OH is 2. The van der Waals surface area contributed by atoms with Gasteiger partial charge in [0.1, 0.15) is 6.10 Å². The van der Waals surface area contributed by atoms with E-state index in [0.717, 1.165) is 0 Å². The molecule has 0 aliphatic carbocycles. The molecule has 1 rings (SSSR count). The molecule has 7 heteroatoms. The molecule has 2 unspecified atom stereocenters. The van der Waals surface area contributed by atoms with Crippen LogP contribution >= 0.6 is 27.5 Å². The van der Waals surface area contributed by atoms with Gasteiger partial charge < -0.3 is 10.2 Å². The van der Waals surface area contributed by atoms with Crippen molar-refractivity contribution in [3.63, 3.8) is 0 Å². The number of benzene rings is 1. The molecule has 16 heavy (non-hydrogen) atoms. The Hall–Kier alpha value is -0.780. The second-order valence-electron chi connectivity index (χ2n) is 3.06. The molecule has 0 spiro atoms. The van der Waals surface area contributed by atoms with Crippen molar-refractivity contribution in [2.24, 2.45) is 5.11 Å². The number of halogens is 2. The van der Waals surface area contributed by atoms with Gasteiger partial charge in [0.05, 0.1) is 12.6 Å². The molecular formula is C9H9BrClN3O2. The van der Waals surface area contributed by atoms with Gasteiger partial charge in [0, 0.05) is 20.0 Å². The number of nitrogens with zero attached hydrogens (tertiary/aromatic N) is 3. The van der Waals surface area contributed by atoms with Crippen LogP contribution in [0.1, 0.15) is 11.7 Å². The fourth-order valence-electron chi connectivity index (χ4n) is 1.21. The van der Waals surface area contributed by atoms with Crippen LogP contribution in [-0.2, 0) is 0 Å². The highest BCUT2D eigenvalue weighted by Gasteiger charge is 2.22. The molecule has 0 saturated heterocycles. The van der Waals surface area contributed by atoms with E-state index in [1.54, 1.807) is 18.2 Å². The largest absolute Gasteiger partial charge is 0.390 e. The Morgan fingerprint density at radius 2 is 2.19 bits per heavy atom. The summed E-state index contributed by atoms with van der Waals surface area (Å²) in [4.78, 5) is 2.51. The Kier molecular flexibility index (Phi) is 5.05. The summed E-state index contributed by atoms with van der Waals surface area (Å²) < 4.78 is 0.590. The van der Waals surface area contributed by atoms with E-state index in [9.17, 15) is 10.2 Å². The lowest BCUT2D eigenvalue weighted by Crippen LogP contribution is -2.21. The monoisotopic (exact) mass is 305 g/mol. The van der Waals surface area contributed by atoms with E-state index in [0.29, 0.717) is 15.1 Å². The molecular weight excluding hydrogens is 297 g/mol. The normalized spacial score (nSPS) is 14.0. The third kappa shape index (κ3) is 3.10. The molecule has 0 fully saturated rings. The van der Waals surface area contributed by atoms with Gasteiger partial charge in [0.15, 0.2) is 0 Å². The first kappa shape index (κ1) is 13.3. The Bertz CT molecular complexity index is 403. The molecule has 1 aromatic rings. The van der Waals surface area contributed by atoms with Crippen molar-refractivity contribution in [1.82, 2.24) is 0 Å². The second kappa shape index (κ2) is 6.08. The van der Waals surface area contributed by atoms with Crippen LogP contribution in [-0.4, -0.2) is 22.9 Å². The van der Waals surface area contributed by atoms with Gasteiger partial charge in [-0.05, 0) is 17.7 Å². The molecule has 0 heterocycles. The predicted molar refractivity (Wildman–Crippen MR) is 64.1 cm³/mol. The summed E-state index contributed by atoms with van der Waals surface area (Å²) in [5.41, 5.74) is 8.49. The fourth-order valence-corrected chi connectivity index (χ4v) is 2.21. The maximum absolute atomic E-state index is 9.83. The van der Waals surface area contributed by atoms with Crippen LogP contribution in [0.4, 0.5) is 0 Å². The highest BCUT2D eigenvalue weighted by molar-refractivity contribution is 9.10. The van der Waals surface area contributed by atoms with Crippen LogP contribution in [0.5, 0.6) is 0 Å². The average molecular weight is 307 g/mol. The van der Waals surface area contributed by atoms with Gasteiger partial charge in [-0.15, -0.1) is 0 Å². The van der Waals surface area contributed by atoms with Crippen molar-refractivity contribution in [2.75, 3.05) is 6.54 Å². The topological polar surface area (TPSA) is 89.2 Å². The second-order valence-corrected chi connectivity index (χ2v) is 4.32. The lowest BCUT2D eigenvalue weighted by atomic mass is 10.0. The SMILES string of the molecule is [N-]=[N+]=NCC(O)C(O)c1c(Cl)cccc1Br. The van der Waals surface area contributed by atoms with Crippen molar-refractivity contribution in [3.8, 4) is 0 Å². The molecule has 0 aliphatic heterocycles. The van der Waals surface area contributed by atoms with Crippen molar-refractivity contribution in [1.29, 1.82) is 0 Å². The number of hydrogen-bond acceptors (Lipinski definition) is 3. The summed E-state index contributed by atoms with van der Waals surface area (Å²) in [6.07, 6.45) is -2.39. The van der Waals surface area contributed by atoms with Gasteiger partial charge in [-0.3, -0.25) is 0 Å². The van der Waals surface area contributed by atoms with Gasteiger partial charge in [-0.1, -0.05) is 38.7 Å². The molecule has 0 saturated carbocycles. The zero-order valence-electron chi connectivity index (χ0n) is 8.09. The minimum atomic E-state index is -1.20. The molecule has 0 amide bonds. The van der Waals surface area contributed by atoms with Crippen molar-refractivity contribution in [3.05, 3.63) is 43.7 Å². The van der Waals surface area contributed by atoms with Crippen LogP contribution < -0.4 is 0 Å². The first-order valence-corrected chi connectivity index (χ1v) is 5.56. The van der Waals surface area contributed by atoms with Gasteiger partial charge in [-0.2, -0.15) is 0 Å². The predicted octanol–water partition coefficient (Wildman–Crippen LogP) is 2.81. The van der Waals surface area contributed by atoms with Crippen molar-refractivity contribution < 1.29 is 10.2 Å². The van der Waals surface area contributed by atoms with Crippen molar-refractivity contribution in [2.45, 2.75) is 12.2 Å². The molecule has 0 aliphatic rings. The zero-order valence-corrected chi connectivity index (χ0v) is 10.4. The number of rotatable bonds is 4. The summed E-state index contributed by atoms with van der Waals surface area (Å²) >= 11 is 9.12. The Morgan fingerprint density at radius 3 is 2.75 bits per heavy atom. The van der Waals surface area contributed by atoms with Gasteiger partial charge in [-0.25, -0.2) is 0 Å². The summed E-state index contributed by atoms with van der Waals surface area (Å²) in [6, 6.07) is 5.01. The first-order chi connectivity index (χ1) is 7.57. The van der Waals surface area contributed by atoms with Crippen LogP contribution in [0.2, 0.25) is 5.02 Å². The fraction of sp³-hybridized carbons (Fsp3) is 0.333. The highest BCUT2D eigenvalue weighted by atomic mass is 79.9. The van der Waals surface area contributed by atoms with Crippen LogP contribution in [0.3, 0.4) is 0 Å². The van der Waals surface area contributed by atoms with E-state index in [1.165, 1.54) is 0 Å². The summed E-state index contributed by atoms with van der Waals surface area (Å²) in [7, 11) is 0. The van der Waals surface area contributed by atoms with E-state index in [-0.39, 0.29) is 6.54 Å². The lowest BCUT2D eigenvalue weighted by Gasteiger charge is -2.18. The summed E-state index contributed by atoms with van der Waals surface area (Å²) in [5.74, 6) is 0. The Labute approximate surface area is 105 Å². The minimum absolute atomic E-state index is 0.213. The van der Waals surface area contributed by atoms with Crippen LogP contribution in [0.15, 0.2) is 27.8 Å². The zero-order chi connectivity index (χ0) is 12.1. The van der Waals surface area contributed by atoms with Gasteiger partial charge in [0.2, 0.25) is 0 Å². The smallest absolute Gasteiger partial charge is 0.108 e. The molecule has 2 atom stereocenters. The molecule has 1 aromatic carbocycles. The van der Waals surface area contributed by atoms with Gasteiger partial charge >= 0.3 is 0 Å². The standard InChI is InChI=1S/C9H9BrClN3O2/c10-5-2-1-3-6(11)8(5)9(16)7(15)4-13-14-12/h1-3,7,9,15-16H,4H2. The molecule has 5 nitrogen and oxygen atoms in total. The molecule has 0 radical (unpaired) electrons. The van der Waals surface area contributed by atoms with Crippen LogP contribution in [0, 0.1) is 0 Å². The maximum atomic E-state index is 9.83. The summed E-state index contributed by atoms with van der Waals surface area (Å²) in [5, 5.41) is 22.9. The number of aliphatic hydroxyl groups is 2. The lowest BCUT2D eigenvalue weighted by molar-refractivity contribution is 0.0240. The van der Waals surface area contributed by atoms with E-state index < -0.39 is 12.2 Å². The summed E-state index contributed by atoms with van der Waals surface area (Å²) in [6.45, 7) is -0.213. The third-order valence-electron chi connectivity index (χ3n) is 1.99. The maximum Gasteiger partial charge on any atom is 0.108 e. The average Bonchev–Trinajstić information content (AvgIpc) is 2.25. The van der Waals surface area contributed by atoms with Crippen LogP contribution in [0.25, 0.3) is 10.4 Å². The number of hydrogen-bond donors (Lipinski definition) is 2. The van der Waals surface area contributed by atoms with Crippen molar-refractivity contribution >= 4 is 27.5 Å².